The number of hydrogen-bond acceptors (Lipinski definition) is 4. The largest absolute Gasteiger partial charge is 0.416 e. The average Bonchev–Trinajstić information content (AvgIpc) is 3.11. The van der Waals surface area contributed by atoms with Gasteiger partial charge in [-0.3, -0.25) is 4.79 Å². The number of aryl methyl sites for hydroxylation is 1. The molecule has 0 saturated carbocycles. The second-order valence-electron chi connectivity index (χ2n) is 6.72. The first-order valence-corrected chi connectivity index (χ1v) is 9.01. The molecule has 0 spiro atoms. The van der Waals surface area contributed by atoms with Gasteiger partial charge in [-0.05, 0) is 49.2 Å². The first-order chi connectivity index (χ1) is 13.8. The number of anilines is 3. The van der Waals surface area contributed by atoms with Crippen molar-refractivity contribution in [2.75, 3.05) is 16.8 Å². The fraction of sp³-hybridized carbons (Fsp3) is 0.190. The zero-order chi connectivity index (χ0) is 20.6. The van der Waals surface area contributed by atoms with E-state index in [9.17, 15) is 18.0 Å². The fourth-order valence-corrected chi connectivity index (χ4v) is 3.32. The number of carbonyl (C=O) groups is 1. The molecule has 3 aromatic rings. The van der Waals surface area contributed by atoms with E-state index in [0.29, 0.717) is 11.6 Å². The third-order valence-electron chi connectivity index (χ3n) is 4.69. The molecule has 1 aromatic heterocycles. The number of hydrogen-bond donors (Lipinski definition) is 1. The highest BCUT2D eigenvalue weighted by Crippen LogP contribution is 2.33. The number of rotatable bonds is 3. The number of halogens is 3. The summed E-state index contributed by atoms with van der Waals surface area (Å²) in [7, 11) is 0. The van der Waals surface area contributed by atoms with E-state index in [0.717, 1.165) is 30.8 Å². The number of benzene rings is 2. The smallest absolute Gasteiger partial charge is 0.326 e. The predicted molar refractivity (Wildman–Crippen MR) is 103 cm³/mol. The fourth-order valence-electron chi connectivity index (χ4n) is 3.32. The van der Waals surface area contributed by atoms with Gasteiger partial charge in [0.15, 0.2) is 0 Å². The number of carbonyl (C=O) groups excluding carboxylic acids is 1. The molecule has 8 heteroatoms. The van der Waals surface area contributed by atoms with Crippen LogP contribution in [0.15, 0.2) is 54.6 Å². The van der Waals surface area contributed by atoms with Crippen LogP contribution in [0.25, 0.3) is 0 Å². The van der Waals surface area contributed by atoms with Gasteiger partial charge in [0.2, 0.25) is 0 Å². The summed E-state index contributed by atoms with van der Waals surface area (Å²) in [4.78, 5) is 23.3. The van der Waals surface area contributed by atoms with Crippen LogP contribution in [0.4, 0.5) is 30.4 Å². The molecule has 0 atom stereocenters. The Hall–Kier alpha value is -3.42. The van der Waals surface area contributed by atoms with Gasteiger partial charge in [-0.1, -0.05) is 18.2 Å². The topological polar surface area (TPSA) is 58.1 Å². The molecule has 0 fully saturated rings. The molecule has 1 amide bonds. The molecule has 0 aliphatic carbocycles. The summed E-state index contributed by atoms with van der Waals surface area (Å²) >= 11 is 0. The van der Waals surface area contributed by atoms with Gasteiger partial charge in [0.05, 0.1) is 5.56 Å². The Labute approximate surface area is 165 Å². The Bertz CT molecular complexity index is 1060. The second-order valence-corrected chi connectivity index (χ2v) is 6.72. The summed E-state index contributed by atoms with van der Waals surface area (Å²) in [5, 5.41) is 2.59. The quantitative estimate of drug-likeness (QED) is 0.692. The summed E-state index contributed by atoms with van der Waals surface area (Å²) in [5.41, 5.74) is 1.88. The molecule has 2 aromatic carbocycles. The molecule has 0 bridgehead atoms. The van der Waals surface area contributed by atoms with Gasteiger partial charge in [-0.2, -0.15) is 13.2 Å². The lowest BCUT2D eigenvalue weighted by molar-refractivity contribution is -0.137. The maximum Gasteiger partial charge on any atom is 0.416 e. The van der Waals surface area contributed by atoms with Crippen LogP contribution in [0.3, 0.4) is 0 Å². The Morgan fingerprint density at radius 1 is 1.07 bits per heavy atom. The van der Waals surface area contributed by atoms with Gasteiger partial charge in [0, 0.05) is 24.0 Å². The maximum atomic E-state index is 12.7. The molecule has 5 nitrogen and oxygen atoms in total. The van der Waals surface area contributed by atoms with Crippen molar-refractivity contribution < 1.29 is 18.0 Å². The van der Waals surface area contributed by atoms with Crippen LogP contribution < -0.4 is 10.2 Å². The lowest BCUT2D eigenvalue weighted by atomic mass is 10.2. The average molecular weight is 398 g/mol. The van der Waals surface area contributed by atoms with E-state index in [-0.39, 0.29) is 11.4 Å². The molecule has 1 aliphatic heterocycles. The molecular weight excluding hydrogens is 381 g/mol. The Morgan fingerprint density at radius 2 is 1.79 bits per heavy atom. The standard InChI is InChI=1S/C21H17F3N4O/c1-13-25-17(20(29)27-16-8-6-15(7-9-16)21(22,23)24)12-19(26-13)28-11-10-14-4-2-3-5-18(14)28/h2-9,12H,10-11H2,1H3,(H,27,29). The van der Waals surface area contributed by atoms with Crippen molar-refractivity contribution in [2.45, 2.75) is 19.5 Å². The van der Waals surface area contributed by atoms with E-state index in [4.69, 9.17) is 0 Å². The van der Waals surface area contributed by atoms with Crippen LogP contribution in [0.5, 0.6) is 0 Å². The van der Waals surface area contributed by atoms with E-state index in [1.165, 1.54) is 17.7 Å². The summed E-state index contributed by atoms with van der Waals surface area (Å²) in [6, 6.07) is 13.9. The van der Waals surface area contributed by atoms with Crippen molar-refractivity contribution in [1.82, 2.24) is 9.97 Å². The first kappa shape index (κ1) is 18.9. The minimum absolute atomic E-state index is 0.150. The van der Waals surface area contributed by atoms with Crippen molar-refractivity contribution in [2.24, 2.45) is 0 Å². The molecule has 29 heavy (non-hydrogen) atoms. The molecule has 4 rings (SSSR count). The number of aromatic nitrogens is 2. The molecule has 2 heterocycles. The molecule has 0 radical (unpaired) electrons. The Balaban J connectivity index is 1.57. The number of nitrogens with zero attached hydrogens (tertiary/aromatic N) is 3. The van der Waals surface area contributed by atoms with Gasteiger partial charge in [0.25, 0.3) is 5.91 Å². The SMILES string of the molecule is Cc1nc(C(=O)Nc2ccc(C(F)(F)F)cc2)cc(N2CCc3ccccc32)n1. The van der Waals surface area contributed by atoms with Gasteiger partial charge in [-0.15, -0.1) is 0 Å². The van der Waals surface area contributed by atoms with E-state index >= 15 is 0 Å². The van der Waals surface area contributed by atoms with Gasteiger partial charge in [0.1, 0.15) is 17.3 Å². The highest BCUT2D eigenvalue weighted by Gasteiger charge is 2.30. The third-order valence-corrected chi connectivity index (χ3v) is 4.69. The van der Waals surface area contributed by atoms with Gasteiger partial charge in [-0.25, -0.2) is 9.97 Å². The van der Waals surface area contributed by atoms with E-state index in [1.54, 1.807) is 13.0 Å². The number of fused-ring (bicyclic) bond motifs is 1. The van der Waals surface area contributed by atoms with E-state index in [2.05, 4.69) is 21.4 Å². The van der Waals surface area contributed by atoms with Crippen molar-refractivity contribution in [1.29, 1.82) is 0 Å². The molecule has 0 unspecified atom stereocenters. The van der Waals surface area contributed by atoms with Gasteiger partial charge >= 0.3 is 6.18 Å². The summed E-state index contributed by atoms with van der Waals surface area (Å²) in [5.74, 6) is 0.536. The van der Waals surface area contributed by atoms with Crippen LogP contribution in [0.2, 0.25) is 0 Å². The Morgan fingerprint density at radius 3 is 2.52 bits per heavy atom. The normalized spacial score (nSPS) is 13.3. The molecule has 0 saturated heterocycles. The van der Waals surface area contributed by atoms with E-state index < -0.39 is 17.6 Å². The summed E-state index contributed by atoms with van der Waals surface area (Å²) < 4.78 is 38.0. The summed E-state index contributed by atoms with van der Waals surface area (Å²) in [6.45, 7) is 2.44. The minimum atomic E-state index is -4.42. The second kappa shape index (κ2) is 7.20. The first-order valence-electron chi connectivity index (χ1n) is 9.01. The maximum absolute atomic E-state index is 12.7. The molecular formula is C21H17F3N4O. The highest BCUT2D eigenvalue weighted by atomic mass is 19.4. The number of para-hydroxylation sites is 1. The van der Waals surface area contributed by atoms with Crippen LogP contribution in [0.1, 0.15) is 27.4 Å². The van der Waals surface area contributed by atoms with Crippen molar-refractivity contribution >= 4 is 23.1 Å². The Kier molecular flexibility index (Phi) is 4.70. The van der Waals surface area contributed by atoms with Crippen LogP contribution >= 0.6 is 0 Å². The monoisotopic (exact) mass is 398 g/mol. The lowest BCUT2D eigenvalue weighted by Gasteiger charge is -2.19. The molecule has 1 N–H and O–H groups in total. The van der Waals surface area contributed by atoms with Gasteiger partial charge < -0.3 is 10.2 Å². The van der Waals surface area contributed by atoms with Crippen molar-refractivity contribution in [3.63, 3.8) is 0 Å². The van der Waals surface area contributed by atoms with Crippen LogP contribution in [0, 0.1) is 6.92 Å². The zero-order valence-corrected chi connectivity index (χ0v) is 15.5. The number of amides is 1. The highest BCUT2D eigenvalue weighted by molar-refractivity contribution is 6.03. The third kappa shape index (κ3) is 3.91. The molecule has 1 aliphatic rings. The minimum Gasteiger partial charge on any atom is -0.326 e. The number of alkyl halides is 3. The van der Waals surface area contributed by atoms with Crippen molar-refractivity contribution in [3.05, 3.63) is 77.2 Å². The lowest BCUT2D eigenvalue weighted by Crippen LogP contribution is -2.19. The molecule has 148 valence electrons. The predicted octanol–water partition coefficient (Wildman–Crippen LogP) is 4.75. The van der Waals surface area contributed by atoms with Crippen molar-refractivity contribution in [3.8, 4) is 0 Å². The number of nitrogens with one attached hydrogen (secondary N) is 1. The zero-order valence-electron chi connectivity index (χ0n) is 15.5. The van der Waals surface area contributed by atoms with Crippen LogP contribution in [-0.2, 0) is 12.6 Å². The van der Waals surface area contributed by atoms with E-state index in [1.807, 2.05) is 23.1 Å². The van der Waals surface area contributed by atoms with Crippen LogP contribution in [-0.4, -0.2) is 22.4 Å². The summed E-state index contributed by atoms with van der Waals surface area (Å²) in [6.07, 6.45) is -3.54.